The molecule has 3 rings (SSSR count). The summed E-state index contributed by atoms with van der Waals surface area (Å²) in [5.41, 5.74) is -6.27. The summed E-state index contributed by atoms with van der Waals surface area (Å²) in [6.45, 7) is 0.904. The normalized spacial score (nSPS) is 16.5. The molecule has 1 fully saturated rings. The van der Waals surface area contributed by atoms with Crippen molar-refractivity contribution >= 4 is 40.7 Å². The van der Waals surface area contributed by atoms with Crippen molar-refractivity contribution in [2.75, 3.05) is 18.1 Å². The molecule has 1 aromatic carbocycles. The summed E-state index contributed by atoms with van der Waals surface area (Å²) in [4.78, 5) is 34.6. The van der Waals surface area contributed by atoms with E-state index in [1.165, 1.54) is 30.9 Å². The largest absolute Gasteiger partial charge is 0.487 e. The maximum atomic E-state index is 14.0. The van der Waals surface area contributed by atoms with Gasteiger partial charge in [0.2, 0.25) is 5.91 Å². The van der Waals surface area contributed by atoms with Crippen molar-refractivity contribution in [2.45, 2.75) is 36.1 Å². The first-order chi connectivity index (χ1) is 15.7. The average Bonchev–Trinajstić information content (AvgIpc) is 2.77. The van der Waals surface area contributed by atoms with Crippen LogP contribution in [0.15, 0.2) is 43.0 Å². The molecule has 0 radical (unpaired) electrons. The monoisotopic (exact) mass is 506 g/mol. The number of anilines is 1. The van der Waals surface area contributed by atoms with Crippen LogP contribution in [0.3, 0.4) is 0 Å². The number of carbonyl (C=O) groups is 2. The fourth-order valence-electron chi connectivity index (χ4n) is 3.31. The van der Waals surface area contributed by atoms with Crippen molar-refractivity contribution in [3.05, 3.63) is 48.5 Å². The molecule has 0 aliphatic carbocycles. The first-order valence-corrected chi connectivity index (χ1v) is 10.6. The van der Waals surface area contributed by atoms with Crippen LogP contribution in [-0.4, -0.2) is 52.2 Å². The SMILES string of the molecule is O=C(NC1CCOCC1)[C@@H](c1cncnc1)N(C(=O)[C@H](F)Cl)c1ccc(OC(F)(F)Cl)cc1. The molecule has 1 saturated heterocycles. The number of benzene rings is 1. The predicted octanol–water partition coefficient (Wildman–Crippen LogP) is 3.55. The molecule has 1 aromatic heterocycles. The molecule has 0 unspecified atom stereocenters. The Morgan fingerprint density at radius 2 is 1.79 bits per heavy atom. The minimum Gasteiger partial charge on any atom is -0.420 e. The fraction of sp³-hybridized carbons (Fsp3) is 0.400. The predicted molar refractivity (Wildman–Crippen MR) is 113 cm³/mol. The lowest BCUT2D eigenvalue weighted by Crippen LogP contribution is -2.49. The second-order valence-corrected chi connectivity index (χ2v) is 7.84. The summed E-state index contributed by atoms with van der Waals surface area (Å²) >= 11 is 10.2. The number of halogens is 5. The molecule has 0 spiro atoms. The van der Waals surface area contributed by atoms with Crippen LogP contribution in [0.2, 0.25) is 0 Å². The van der Waals surface area contributed by atoms with Gasteiger partial charge >= 0.3 is 5.57 Å². The third-order valence-electron chi connectivity index (χ3n) is 4.74. The van der Waals surface area contributed by atoms with Gasteiger partial charge in [-0.1, -0.05) is 11.6 Å². The lowest BCUT2D eigenvalue weighted by atomic mass is 10.0. The lowest BCUT2D eigenvalue weighted by molar-refractivity contribution is -0.128. The van der Waals surface area contributed by atoms with Crippen LogP contribution in [0.1, 0.15) is 24.4 Å². The van der Waals surface area contributed by atoms with Crippen molar-refractivity contribution in [1.82, 2.24) is 15.3 Å². The van der Waals surface area contributed by atoms with Gasteiger partial charge in [-0.2, -0.15) is 0 Å². The Hall–Kier alpha value is -2.63. The van der Waals surface area contributed by atoms with E-state index in [1.807, 2.05) is 0 Å². The number of aromatic nitrogens is 2. The molecule has 33 heavy (non-hydrogen) atoms. The Balaban J connectivity index is 1.99. The second kappa shape index (κ2) is 11.0. The quantitative estimate of drug-likeness (QED) is 0.550. The number of alkyl halides is 5. The molecule has 0 bridgehead atoms. The maximum absolute atomic E-state index is 14.0. The van der Waals surface area contributed by atoms with Gasteiger partial charge in [0, 0.05) is 54.5 Å². The highest BCUT2D eigenvalue weighted by Crippen LogP contribution is 2.32. The molecule has 13 heteroatoms. The van der Waals surface area contributed by atoms with E-state index in [1.54, 1.807) is 0 Å². The number of hydrogen-bond acceptors (Lipinski definition) is 6. The number of hydrogen-bond donors (Lipinski definition) is 1. The van der Waals surface area contributed by atoms with Gasteiger partial charge in [0.25, 0.3) is 11.5 Å². The van der Waals surface area contributed by atoms with E-state index < -0.39 is 29.1 Å². The third kappa shape index (κ3) is 6.92. The summed E-state index contributed by atoms with van der Waals surface area (Å²) in [6, 6.07) is 2.92. The smallest absolute Gasteiger partial charge is 0.420 e. The maximum Gasteiger partial charge on any atom is 0.487 e. The van der Waals surface area contributed by atoms with E-state index in [2.05, 4.69) is 20.0 Å². The zero-order valence-electron chi connectivity index (χ0n) is 17.0. The van der Waals surface area contributed by atoms with Crippen molar-refractivity contribution in [2.24, 2.45) is 0 Å². The van der Waals surface area contributed by atoms with E-state index in [4.69, 9.17) is 27.9 Å². The van der Waals surface area contributed by atoms with Crippen LogP contribution in [0.4, 0.5) is 18.9 Å². The first kappa shape index (κ1) is 25.0. The molecule has 178 valence electrons. The van der Waals surface area contributed by atoms with Crippen molar-refractivity contribution < 1.29 is 32.2 Å². The van der Waals surface area contributed by atoms with Gasteiger partial charge < -0.3 is 14.8 Å². The highest BCUT2D eigenvalue weighted by molar-refractivity contribution is 6.32. The van der Waals surface area contributed by atoms with Crippen LogP contribution in [0, 0.1) is 0 Å². The van der Waals surface area contributed by atoms with Crippen LogP contribution >= 0.6 is 23.2 Å². The van der Waals surface area contributed by atoms with E-state index >= 15 is 0 Å². The highest BCUT2D eigenvalue weighted by Gasteiger charge is 2.37. The van der Waals surface area contributed by atoms with Gasteiger partial charge in [0.05, 0.1) is 0 Å². The zero-order valence-corrected chi connectivity index (χ0v) is 18.5. The molecule has 2 atom stereocenters. The molecular formula is C20H19Cl2F3N4O4. The average molecular weight is 507 g/mol. The topological polar surface area (TPSA) is 93.6 Å². The van der Waals surface area contributed by atoms with Gasteiger partial charge in [0.1, 0.15) is 18.1 Å². The summed E-state index contributed by atoms with van der Waals surface area (Å²) in [5, 5.41) is 2.83. The Labute approximate surface area is 197 Å². The molecule has 8 nitrogen and oxygen atoms in total. The van der Waals surface area contributed by atoms with Crippen LogP contribution in [0.5, 0.6) is 5.75 Å². The van der Waals surface area contributed by atoms with Crippen molar-refractivity contribution in [1.29, 1.82) is 0 Å². The van der Waals surface area contributed by atoms with Gasteiger partial charge in [-0.15, -0.1) is 8.78 Å². The lowest BCUT2D eigenvalue weighted by Gasteiger charge is -2.33. The molecular weight excluding hydrogens is 488 g/mol. The standard InChI is InChI=1S/C20H19Cl2F3N4O4/c21-17(23)19(31)29(14-1-3-15(4-2-14)33-20(22,24)25)16(12-9-26-11-27-10-12)18(30)28-13-5-7-32-8-6-13/h1-4,9-11,13,16-17H,5-8H2,(H,28,30)/t16-,17+/m1/s1. The number of rotatable bonds is 8. The Bertz CT molecular complexity index is 943. The number of nitrogens with zero attached hydrogens (tertiary/aromatic N) is 3. The summed E-state index contributed by atoms with van der Waals surface area (Å²) in [6.07, 6.45) is 4.93. The van der Waals surface area contributed by atoms with Gasteiger partial charge in [-0.3, -0.25) is 14.5 Å². The summed E-state index contributed by atoms with van der Waals surface area (Å²) < 4.78 is 49.4. The second-order valence-electron chi connectivity index (χ2n) is 7.02. The molecule has 1 aliphatic heterocycles. The number of ether oxygens (including phenoxy) is 2. The fourth-order valence-corrected chi connectivity index (χ4v) is 3.50. The van der Waals surface area contributed by atoms with Gasteiger partial charge in [-0.05, 0) is 37.1 Å². The molecule has 1 N–H and O–H groups in total. The third-order valence-corrected chi connectivity index (χ3v) is 5.01. The van der Waals surface area contributed by atoms with E-state index in [-0.39, 0.29) is 23.0 Å². The number of nitrogens with one attached hydrogen (secondary N) is 1. The minimum absolute atomic E-state index is 0.00970. The van der Waals surface area contributed by atoms with E-state index in [0.29, 0.717) is 26.1 Å². The van der Waals surface area contributed by atoms with Crippen LogP contribution < -0.4 is 15.0 Å². The molecule has 2 amide bonds. The van der Waals surface area contributed by atoms with E-state index in [9.17, 15) is 22.8 Å². The zero-order chi connectivity index (χ0) is 24.0. The van der Waals surface area contributed by atoms with Crippen molar-refractivity contribution in [3.63, 3.8) is 0 Å². The summed E-state index contributed by atoms with van der Waals surface area (Å²) in [5.74, 6) is -2.20. The molecule has 0 saturated carbocycles. The van der Waals surface area contributed by atoms with Crippen LogP contribution in [-0.2, 0) is 14.3 Å². The van der Waals surface area contributed by atoms with Crippen molar-refractivity contribution in [3.8, 4) is 5.75 Å². The Kier molecular flexibility index (Phi) is 8.33. The number of carbonyl (C=O) groups excluding carboxylic acids is 2. The Morgan fingerprint density at radius 1 is 1.18 bits per heavy atom. The highest BCUT2D eigenvalue weighted by atomic mass is 35.5. The van der Waals surface area contributed by atoms with Crippen LogP contribution in [0.25, 0.3) is 0 Å². The number of amides is 2. The minimum atomic E-state index is -3.95. The van der Waals surface area contributed by atoms with E-state index in [0.717, 1.165) is 17.0 Å². The first-order valence-electron chi connectivity index (χ1n) is 9.76. The van der Waals surface area contributed by atoms with Gasteiger partial charge in [-0.25, -0.2) is 14.4 Å². The van der Waals surface area contributed by atoms with Gasteiger partial charge in [0.15, 0.2) is 0 Å². The summed E-state index contributed by atoms with van der Waals surface area (Å²) in [7, 11) is 0. The molecule has 2 aromatic rings. The molecule has 2 heterocycles. The Morgan fingerprint density at radius 3 is 2.33 bits per heavy atom. The molecule has 1 aliphatic rings.